The molecule has 7 heteroatoms. The highest BCUT2D eigenvalue weighted by atomic mass is 127. The van der Waals surface area contributed by atoms with Gasteiger partial charge in [-0.05, 0) is 65.8 Å². The van der Waals surface area contributed by atoms with E-state index in [2.05, 4.69) is 37.9 Å². The van der Waals surface area contributed by atoms with E-state index >= 15 is 0 Å². The molecule has 0 atom stereocenters. The molecule has 22 heavy (non-hydrogen) atoms. The molecule has 1 aromatic carbocycles. The molecular weight excluding hydrogens is 413 g/mol. The Kier molecular flexibility index (Phi) is 4.00. The molecule has 0 bridgehead atoms. The van der Waals surface area contributed by atoms with E-state index in [1.54, 1.807) is 6.92 Å². The van der Waals surface area contributed by atoms with Crippen LogP contribution in [0, 0.1) is 17.4 Å². The molecule has 2 N–H and O–H groups in total. The zero-order chi connectivity index (χ0) is 15.9. The van der Waals surface area contributed by atoms with E-state index in [0.717, 1.165) is 14.8 Å². The Bertz CT molecular complexity index is 946. The van der Waals surface area contributed by atoms with Crippen LogP contribution >= 0.6 is 33.9 Å². The van der Waals surface area contributed by atoms with Gasteiger partial charge in [0, 0.05) is 9.26 Å². The topological polar surface area (TPSA) is 74.8 Å². The number of rotatable bonds is 2. The third kappa shape index (κ3) is 2.66. The van der Waals surface area contributed by atoms with E-state index in [4.69, 9.17) is 0 Å². The van der Waals surface area contributed by atoms with Gasteiger partial charge in [0.25, 0.3) is 11.5 Å². The number of aromatic nitrogens is 2. The van der Waals surface area contributed by atoms with Crippen molar-refractivity contribution in [3.05, 3.63) is 54.5 Å². The fourth-order valence-electron chi connectivity index (χ4n) is 2.24. The second-order valence-electron chi connectivity index (χ2n) is 4.88. The molecule has 0 fully saturated rings. The lowest BCUT2D eigenvalue weighted by Gasteiger charge is -2.08. The molecule has 2 heterocycles. The number of hydrogen-bond acceptors (Lipinski definition) is 4. The summed E-state index contributed by atoms with van der Waals surface area (Å²) in [6, 6.07) is 5.82. The van der Waals surface area contributed by atoms with Crippen LogP contribution < -0.4 is 10.9 Å². The minimum Gasteiger partial charge on any atom is -0.321 e. The van der Waals surface area contributed by atoms with Crippen molar-refractivity contribution in [1.82, 2.24) is 9.97 Å². The second kappa shape index (κ2) is 5.81. The van der Waals surface area contributed by atoms with Crippen molar-refractivity contribution in [2.45, 2.75) is 13.8 Å². The first kappa shape index (κ1) is 15.2. The number of halogens is 1. The summed E-state index contributed by atoms with van der Waals surface area (Å²) >= 11 is 3.46. The number of benzene rings is 1. The maximum Gasteiger partial charge on any atom is 0.266 e. The van der Waals surface area contributed by atoms with Crippen molar-refractivity contribution in [2.24, 2.45) is 0 Å². The number of amides is 1. The molecule has 0 spiro atoms. The third-order valence-corrected chi connectivity index (χ3v) is 5.25. The fourth-order valence-corrected chi connectivity index (χ4v) is 3.93. The molecule has 5 nitrogen and oxygen atoms in total. The standard InChI is InChI=1S/C15H12IN3O2S/c1-7-5-9(16)3-4-10(7)19-14(21)12-8(2)11-13(20)17-6-18-15(11)22-12/h3-6H,1-2H3,(H,19,21)(H,17,18,20). The van der Waals surface area contributed by atoms with E-state index in [1.165, 1.54) is 17.7 Å². The van der Waals surface area contributed by atoms with Gasteiger partial charge >= 0.3 is 0 Å². The van der Waals surface area contributed by atoms with Crippen LogP contribution in [-0.2, 0) is 0 Å². The van der Waals surface area contributed by atoms with Crippen LogP contribution in [-0.4, -0.2) is 15.9 Å². The smallest absolute Gasteiger partial charge is 0.266 e. The molecule has 3 rings (SSSR count). The molecule has 112 valence electrons. The monoisotopic (exact) mass is 425 g/mol. The first-order valence-electron chi connectivity index (χ1n) is 6.51. The van der Waals surface area contributed by atoms with Gasteiger partial charge in [-0.3, -0.25) is 9.59 Å². The van der Waals surface area contributed by atoms with Gasteiger partial charge in [0.05, 0.1) is 16.6 Å². The Hall–Kier alpha value is -1.74. The minimum atomic E-state index is -0.219. The van der Waals surface area contributed by atoms with Gasteiger partial charge in [-0.1, -0.05) is 0 Å². The molecule has 0 saturated carbocycles. The van der Waals surface area contributed by atoms with Crippen molar-refractivity contribution >= 4 is 55.7 Å². The van der Waals surface area contributed by atoms with E-state index in [-0.39, 0.29) is 11.5 Å². The predicted octanol–water partition coefficient (Wildman–Crippen LogP) is 3.46. The highest BCUT2D eigenvalue weighted by Crippen LogP contribution is 2.28. The summed E-state index contributed by atoms with van der Waals surface area (Å²) in [6.45, 7) is 3.72. The van der Waals surface area contributed by atoms with Crippen LogP contribution in [0.15, 0.2) is 29.3 Å². The Morgan fingerprint density at radius 2 is 2.14 bits per heavy atom. The first-order chi connectivity index (χ1) is 10.5. The number of carbonyl (C=O) groups excluding carboxylic acids is 1. The van der Waals surface area contributed by atoms with Crippen molar-refractivity contribution in [1.29, 1.82) is 0 Å². The molecule has 0 aliphatic heterocycles. The molecule has 0 aliphatic carbocycles. The lowest BCUT2D eigenvalue weighted by Crippen LogP contribution is -2.13. The summed E-state index contributed by atoms with van der Waals surface area (Å²) in [7, 11) is 0. The number of H-pyrrole nitrogens is 1. The summed E-state index contributed by atoms with van der Waals surface area (Å²) in [5.41, 5.74) is 2.21. The zero-order valence-electron chi connectivity index (χ0n) is 11.9. The maximum absolute atomic E-state index is 12.5. The molecule has 0 unspecified atom stereocenters. The van der Waals surface area contributed by atoms with Gasteiger partial charge in [0.2, 0.25) is 0 Å². The normalized spacial score (nSPS) is 10.9. The SMILES string of the molecule is Cc1cc(I)ccc1NC(=O)c1sc2nc[nH]c(=O)c2c1C. The highest BCUT2D eigenvalue weighted by molar-refractivity contribution is 14.1. The van der Waals surface area contributed by atoms with Gasteiger partial charge in [-0.2, -0.15) is 0 Å². The largest absolute Gasteiger partial charge is 0.321 e. The number of hydrogen-bond donors (Lipinski definition) is 2. The van der Waals surface area contributed by atoms with Crippen molar-refractivity contribution in [2.75, 3.05) is 5.32 Å². The summed E-state index contributed by atoms with van der Waals surface area (Å²) in [5.74, 6) is -0.218. The number of aromatic amines is 1. The predicted molar refractivity (Wildman–Crippen MR) is 96.8 cm³/mol. The molecule has 0 aliphatic rings. The zero-order valence-corrected chi connectivity index (χ0v) is 14.8. The Labute approximate surface area is 143 Å². The number of aryl methyl sites for hydroxylation is 2. The lowest BCUT2D eigenvalue weighted by atomic mass is 10.2. The molecule has 0 saturated heterocycles. The number of nitrogens with one attached hydrogen (secondary N) is 2. The average Bonchev–Trinajstić information content (AvgIpc) is 2.80. The number of fused-ring (bicyclic) bond motifs is 1. The first-order valence-corrected chi connectivity index (χ1v) is 8.41. The molecule has 3 aromatic rings. The number of thiophene rings is 1. The molecule has 2 aromatic heterocycles. The van der Waals surface area contributed by atoms with Crippen LogP contribution in [0.3, 0.4) is 0 Å². The average molecular weight is 425 g/mol. The Morgan fingerprint density at radius 1 is 1.36 bits per heavy atom. The Morgan fingerprint density at radius 3 is 2.82 bits per heavy atom. The van der Waals surface area contributed by atoms with E-state index in [0.29, 0.717) is 20.7 Å². The molecule has 0 radical (unpaired) electrons. The summed E-state index contributed by atoms with van der Waals surface area (Å²) in [4.78, 5) is 32.1. The van der Waals surface area contributed by atoms with Gasteiger partial charge < -0.3 is 10.3 Å². The fraction of sp³-hybridized carbons (Fsp3) is 0.133. The van der Waals surface area contributed by atoms with Crippen molar-refractivity contribution < 1.29 is 4.79 Å². The van der Waals surface area contributed by atoms with Gasteiger partial charge in [-0.15, -0.1) is 11.3 Å². The van der Waals surface area contributed by atoms with Gasteiger partial charge in [0.15, 0.2) is 0 Å². The maximum atomic E-state index is 12.5. The number of anilines is 1. The van der Waals surface area contributed by atoms with E-state index < -0.39 is 0 Å². The molecule has 1 amide bonds. The number of nitrogens with zero attached hydrogens (tertiary/aromatic N) is 1. The summed E-state index contributed by atoms with van der Waals surface area (Å²) in [6.07, 6.45) is 1.35. The van der Waals surface area contributed by atoms with E-state index in [1.807, 2.05) is 25.1 Å². The number of carbonyl (C=O) groups is 1. The third-order valence-electron chi connectivity index (χ3n) is 3.38. The molecular formula is C15H12IN3O2S. The van der Waals surface area contributed by atoms with Gasteiger partial charge in [-0.25, -0.2) is 4.98 Å². The van der Waals surface area contributed by atoms with E-state index in [9.17, 15) is 9.59 Å². The lowest BCUT2D eigenvalue weighted by molar-refractivity contribution is 0.103. The van der Waals surface area contributed by atoms with Crippen molar-refractivity contribution in [3.63, 3.8) is 0 Å². The summed E-state index contributed by atoms with van der Waals surface area (Å²) < 4.78 is 1.11. The van der Waals surface area contributed by atoms with Crippen LogP contribution in [0.5, 0.6) is 0 Å². The van der Waals surface area contributed by atoms with Crippen LogP contribution in [0.2, 0.25) is 0 Å². The van der Waals surface area contributed by atoms with Gasteiger partial charge in [0.1, 0.15) is 4.83 Å². The Balaban J connectivity index is 2.01. The van der Waals surface area contributed by atoms with Crippen molar-refractivity contribution in [3.8, 4) is 0 Å². The highest BCUT2D eigenvalue weighted by Gasteiger charge is 2.18. The minimum absolute atomic E-state index is 0.218. The summed E-state index contributed by atoms with van der Waals surface area (Å²) in [5, 5.41) is 3.39. The van der Waals surface area contributed by atoms with Crippen LogP contribution in [0.4, 0.5) is 5.69 Å². The quantitative estimate of drug-likeness (QED) is 0.618. The van der Waals surface area contributed by atoms with Crippen LogP contribution in [0.1, 0.15) is 20.8 Å². The second-order valence-corrected chi connectivity index (χ2v) is 7.13. The van der Waals surface area contributed by atoms with Crippen LogP contribution in [0.25, 0.3) is 10.2 Å².